The van der Waals surface area contributed by atoms with Crippen LogP contribution >= 0.6 is 0 Å². The van der Waals surface area contributed by atoms with Crippen molar-refractivity contribution >= 4 is 17.5 Å². The summed E-state index contributed by atoms with van der Waals surface area (Å²) in [5.74, 6) is 1.93. The highest BCUT2D eigenvalue weighted by atomic mass is 16.5. The Hall–Kier alpha value is -3.15. The topological polar surface area (TPSA) is 72.0 Å². The number of benzene rings is 2. The van der Waals surface area contributed by atoms with E-state index in [-0.39, 0.29) is 0 Å². The summed E-state index contributed by atoms with van der Waals surface area (Å²) < 4.78 is 5.35. The number of rotatable bonds is 6. The SMILES string of the molecule is COc1ccccc1CNc1nncc(Nc2cc(C)cc(C)c2)n1. The molecular weight excluding hydrogens is 314 g/mol. The molecule has 0 aliphatic rings. The lowest BCUT2D eigenvalue weighted by Crippen LogP contribution is -2.07. The van der Waals surface area contributed by atoms with Crippen LogP contribution in [0.1, 0.15) is 16.7 Å². The maximum absolute atomic E-state index is 5.35. The van der Waals surface area contributed by atoms with Crippen molar-refractivity contribution in [2.45, 2.75) is 20.4 Å². The number of methoxy groups -OCH3 is 1. The van der Waals surface area contributed by atoms with E-state index in [1.807, 2.05) is 24.3 Å². The van der Waals surface area contributed by atoms with Crippen molar-refractivity contribution in [1.29, 1.82) is 0 Å². The van der Waals surface area contributed by atoms with Crippen molar-refractivity contribution in [2.24, 2.45) is 0 Å². The maximum Gasteiger partial charge on any atom is 0.244 e. The molecule has 2 N–H and O–H groups in total. The molecule has 0 radical (unpaired) electrons. The Bertz CT molecular complexity index is 846. The number of aromatic nitrogens is 3. The summed E-state index contributed by atoms with van der Waals surface area (Å²) in [5.41, 5.74) is 4.40. The van der Waals surface area contributed by atoms with Crippen molar-refractivity contribution in [3.05, 3.63) is 65.4 Å². The number of anilines is 3. The molecule has 0 fully saturated rings. The standard InChI is InChI=1S/C19H21N5O/c1-13-8-14(2)10-16(9-13)22-18-12-21-24-19(23-18)20-11-15-6-4-5-7-17(15)25-3/h4-10,12H,11H2,1-3H3,(H2,20,22,23,24). The third-order valence-electron chi connectivity index (χ3n) is 3.68. The Morgan fingerprint density at radius 1 is 1.04 bits per heavy atom. The lowest BCUT2D eigenvalue weighted by atomic mass is 10.1. The first kappa shape index (κ1) is 16.7. The van der Waals surface area contributed by atoms with Crippen LogP contribution in [0.2, 0.25) is 0 Å². The van der Waals surface area contributed by atoms with Gasteiger partial charge in [-0.2, -0.15) is 10.1 Å². The molecule has 1 aromatic heterocycles. The van der Waals surface area contributed by atoms with Crippen LogP contribution < -0.4 is 15.4 Å². The van der Waals surface area contributed by atoms with E-state index in [0.29, 0.717) is 18.3 Å². The van der Waals surface area contributed by atoms with Gasteiger partial charge in [0.15, 0.2) is 5.82 Å². The normalized spacial score (nSPS) is 10.4. The highest BCUT2D eigenvalue weighted by molar-refractivity contribution is 5.58. The second-order valence-electron chi connectivity index (χ2n) is 5.83. The Morgan fingerprint density at radius 2 is 1.80 bits per heavy atom. The van der Waals surface area contributed by atoms with Crippen LogP contribution in [-0.2, 0) is 6.54 Å². The minimum absolute atomic E-state index is 0.459. The van der Waals surface area contributed by atoms with Crippen LogP contribution in [0.3, 0.4) is 0 Å². The maximum atomic E-state index is 5.35. The molecular formula is C19H21N5O. The van der Waals surface area contributed by atoms with Crippen LogP contribution in [0.5, 0.6) is 5.75 Å². The van der Waals surface area contributed by atoms with E-state index in [4.69, 9.17) is 4.74 Å². The van der Waals surface area contributed by atoms with Crippen molar-refractivity contribution in [1.82, 2.24) is 15.2 Å². The minimum atomic E-state index is 0.459. The summed E-state index contributed by atoms with van der Waals surface area (Å²) in [6, 6.07) is 14.1. The molecule has 0 saturated carbocycles. The van der Waals surface area contributed by atoms with E-state index in [1.165, 1.54) is 11.1 Å². The van der Waals surface area contributed by atoms with E-state index in [2.05, 4.69) is 57.9 Å². The van der Waals surface area contributed by atoms with Gasteiger partial charge in [0.1, 0.15) is 5.75 Å². The zero-order chi connectivity index (χ0) is 17.6. The lowest BCUT2D eigenvalue weighted by Gasteiger charge is -2.10. The van der Waals surface area contributed by atoms with Crippen LogP contribution in [-0.4, -0.2) is 22.3 Å². The second-order valence-corrected chi connectivity index (χ2v) is 5.83. The van der Waals surface area contributed by atoms with E-state index in [9.17, 15) is 0 Å². The molecule has 3 rings (SSSR count). The van der Waals surface area contributed by atoms with E-state index < -0.39 is 0 Å². The molecule has 0 saturated heterocycles. The van der Waals surface area contributed by atoms with Gasteiger partial charge in [0.05, 0.1) is 13.3 Å². The summed E-state index contributed by atoms with van der Waals surface area (Å²) in [7, 11) is 1.66. The van der Waals surface area contributed by atoms with Crippen molar-refractivity contribution in [2.75, 3.05) is 17.7 Å². The average Bonchev–Trinajstić information content (AvgIpc) is 2.59. The van der Waals surface area contributed by atoms with Crippen molar-refractivity contribution in [3.8, 4) is 5.75 Å². The third kappa shape index (κ3) is 4.44. The van der Waals surface area contributed by atoms with Gasteiger partial charge in [0.25, 0.3) is 0 Å². The molecule has 1 heterocycles. The Labute approximate surface area is 147 Å². The molecule has 0 aliphatic heterocycles. The summed E-state index contributed by atoms with van der Waals surface area (Å²) in [6.45, 7) is 4.69. The molecule has 0 aliphatic carbocycles. The number of hydrogen-bond donors (Lipinski definition) is 2. The van der Waals surface area contributed by atoms with Gasteiger partial charge in [-0.15, -0.1) is 5.10 Å². The largest absolute Gasteiger partial charge is 0.496 e. The predicted molar refractivity (Wildman–Crippen MR) is 99.3 cm³/mol. The first-order valence-electron chi connectivity index (χ1n) is 8.05. The van der Waals surface area contributed by atoms with Gasteiger partial charge in [0.2, 0.25) is 5.95 Å². The third-order valence-corrected chi connectivity index (χ3v) is 3.68. The molecule has 3 aromatic rings. The highest BCUT2D eigenvalue weighted by Gasteiger charge is 2.05. The fourth-order valence-electron chi connectivity index (χ4n) is 2.66. The van der Waals surface area contributed by atoms with Crippen LogP contribution in [0.25, 0.3) is 0 Å². The Kier molecular flexibility index (Phi) is 5.09. The van der Waals surface area contributed by atoms with Gasteiger partial charge in [-0.3, -0.25) is 0 Å². The minimum Gasteiger partial charge on any atom is -0.496 e. The van der Waals surface area contributed by atoms with Gasteiger partial charge in [-0.25, -0.2) is 0 Å². The summed E-state index contributed by atoms with van der Waals surface area (Å²) >= 11 is 0. The lowest BCUT2D eigenvalue weighted by molar-refractivity contribution is 0.410. The average molecular weight is 335 g/mol. The van der Waals surface area contributed by atoms with Crippen molar-refractivity contribution < 1.29 is 4.74 Å². The fraction of sp³-hybridized carbons (Fsp3) is 0.211. The Morgan fingerprint density at radius 3 is 2.56 bits per heavy atom. The molecule has 25 heavy (non-hydrogen) atoms. The van der Waals surface area contributed by atoms with Gasteiger partial charge in [0, 0.05) is 17.8 Å². The van der Waals surface area contributed by atoms with Gasteiger partial charge >= 0.3 is 0 Å². The molecule has 0 unspecified atom stereocenters. The first-order valence-corrected chi connectivity index (χ1v) is 8.05. The zero-order valence-corrected chi connectivity index (χ0v) is 14.6. The number of hydrogen-bond acceptors (Lipinski definition) is 6. The van der Waals surface area contributed by atoms with E-state index in [1.54, 1.807) is 13.3 Å². The predicted octanol–water partition coefficient (Wildman–Crippen LogP) is 3.85. The first-order chi connectivity index (χ1) is 12.1. The van der Waals surface area contributed by atoms with E-state index in [0.717, 1.165) is 17.0 Å². The van der Waals surface area contributed by atoms with Gasteiger partial charge in [-0.05, 0) is 43.2 Å². The zero-order valence-electron chi connectivity index (χ0n) is 14.6. The molecule has 2 aromatic carbocycles. The van der Waals surface area contributed by atoms with Gasteiger partial charge < -0.3 is 15.4 Å². The van der Waals surface area contributed by atoms with E-state index >= 15 is 0 Å². The summed E-state index contributed by atoms with van der Waals surface area (Å²) in [6.07, 6.45) is 1.60. The molecule has 6 nitrogen and oxygen atoms in total. The van der Waals surface area contributed by atoms with Gasteiger partial charge in [-0.1, -0.05) is 24.3 Å². The molecule has 0 amide bonds. The molecule has 0 atom stereocenters. The summed E-state index contributed by atoms with van der Waals surface area (Å²) in [5, 5.41) is 14.5. The highest BCUT2D eigenvalue weighted by Crippen LogP contribution is 2.20. The van der Waals surface area contributed by atoms with Crippen LogP contribution in [0.15, 0.2) is 48.7 Å². The quantitative estimate of drug-likeness (QED) is 0.713. The second kappa shape index (κ2) is 7.61. The fourth-order valence-corrected chi connectivity index (χ4v) is 2.66. The van der Waals surface area contributed by atoms with Crippen LogP contribution in [0, 0.1) is 13.8 Å². The molecule has 0 spiro atoms. The Balaban J connectivity index is 1.71. The van der Waals surface area contributed by atoms with Crippen LogP contribution in [0.4, 0.5) is 17.5 Å². The molecule has 6 heteroatoms. The molecule has 0 bridgehead atoms. The number of nitrogens with zero attached hydrogens (tertiary/aromatic N) is 3. The monoisotopic (exact) mass is 335 g/mol. The van der Waals surface area contributed by atoms with Crippen molar-refractivity contribution in [3.63, 3.8) is 0 Å². The number of ether oxygens (including phenoxy) is 1. The molecule has 128 valence electrons. The number of aryl methyl sites for hydroxylation is 2. The summed E-state index contributed by atoms with van der Waals surface area (Å²) in [4.78, 5) is 4.46. The smallest absolute Gasteiger partial charge is 0.244 e. The number of para-hydroxylation sites is 1. The number of nitrogens with one attached hydrogen (secondary N) is 2.